The van der Waals surface area contributed by atoms with Crippen molar-refractivity contribution in [3.8, 4) is 5.75 Å². The molecular formula is C10H15N3O. The van der Waals surface area contributed by atoms with Crippen molar-refractivity contribution >= 4 is 11.7 Å². The third kappa shape index (κ3) is 2.45. The second-order valence-electron chi connectivity index (χ2n) is 4.09. The fourth-order valence-corrected chi connectivity index (χ4v) is 0.756. The molecule has 0 amide bonds. The van der Waals surface area contributed by atoms with E-state index in [2.05, 4.69) is 9.98 Å². The molecule has 0 spiro atoms. The average Bonchev–Trinajstić information content (AvgIpc) is 2.07. The van der Waals surface area contributed by atoms with Crippen molar-refractivity contribution in [2.45, 2.75) is 20.8 Å². The molecule has 0 fully saturated rings. The smallest absolute Gasteiger partial charge is 0.196 e. The van der Waals surface area contributed by atoms with Crippen molar-refractivity contribution in [2.75, 3.05) is 0 Å². The van der Waals surface area contributed by atoms with Crippen LogP contribution in [0.4, 0.5) is 5.82 Å². The largest absolute Gasteiger partial charge is 0.504 e. The van der Waals surface area contributed by atoms with Crippen LogP contribution in [0.25, 0.3) is 0 Å². The summed E-state index contributed by atoms with van der Waals surface area (Å²) in [5.41, 5.74) is 5.53. The first-order valence-corrected chi connectivity index (χ1v) is 4.40. The molecule has 4 nitrogen and oxygen atoms in total. The Balaban J connectivity index is 3.04. The summed E-state index contributed by atoms with van der Waals surface area (Å²) in [6.07, 6.45) is 1.56. The number of nitrogens with zero attached hydrogens (tertiary/aromatic N) is 2. The molecule has 0 aliphatic heterocycles. The Bertz CT molecular complexity index is 353. The van der Waals surface area contributed by atoms with Crippen LogP contribution < -0.4 is 5.73 Å². The average molecular weight is 193 g/mol. The monoisotopic (exact) mass is 193 g/mol. The number of amidine groups is 1. The third-order valence-electron chi connectivity index (χ3n) is 1.76. The molecule has 0 aliphatic carbocycles. The molecule has 0 atom stereocenters. The zero-order valence-electron chi connectivity index (χ0n) is 8.65. The standard InChI is InChI=1S/C10H15N3O/c1-10(2,3)9(11)13-8-7(14)5-4-6-12-8/h4-6,14H,1-3H3,(H2,11,12,13). The maximum absolute atomic E-state index is 9.40. The van der Waals surface area contributed by atoms with Crippen LogP contribution in [0.3, 0.4) is 0 Å². The van der Waals surface area contributed by atoms with Crippen molar-refractivity contribution in [2.24, 2.45) is 16.1 Å². The summed E-state index contributed by atoms with van der Waals surface area (Å²) in [6, 6.07) is 3.17. The molecule has 0 aromatic carbocycles. The molecular weight excluding hydrogens is 178 g/mol. The van der Waals surface area contributed by atoms with Crippen LogP contribution in [-0.2, 0) is 0 Å². The minimum atomic E-state index is -0.218. The van der Waals surface area contributed by atoms with E-state index in [1.165, 1.54) is 6.07 Å². The summed E-state index contributed by atoms with van der Waals surface area (Å²) < 4.78 is 0. The third-order valence-corrected chi connectivity index (χ3v) is 1.76. The van der Waals surface area contributed by atoms with Crippen LogP contribution in [0.15, 0.2) is 23.3 Å². The van der Waals surface area contributed by atoms with Gasteiger partial charge in [0.25, 0.3) is 0 Å². The number of aliphatic imine (C=N–C) groups is 1. The number of pyridine rings is 1. The molecule has 76 valence electrons. The molecule has 1 aromatic heterocycles. The SMILES string of the molecule is CC(C)(C)/C(N)=N/c1ncccc1O. The summed E-state index contributed by atoms with van der Waals surface area (Å²) in [7, 11) is 0. The van der Waals surface area contributed by atoms with Gasteiger partial charge in [-0.15, -0.1) is 0 Å². The number of aromatic nitrogens is 1. The molecule has 1 heterocycles. The van der Waals surface area contributed by atoms with Gasteiger partial charge in [0.1, 0.15) is 5.84 Å². The Labute approximate surface area is 83.5 Å². The highest BCUT2D eigenvalue weighted by Gasteiger charge is 2.16. The van der Waals surface area contributed by atoms with Crippen LogP contribution in [0.2, 0.25) is 0 Å². The van der Waals surface area contributed by atoms with Gasteiger partial charge < -0.3 is 10.8 Å². The lowest BCUT2D eigenvalue weighted by Crippen LogP contribution is -2.28. The fourth-order valence-electron chi connectivity index (χ4n) is 0.756. The lowest BCUT2D eigenvalue weighted by Gasteiger charge is -2.16. The van der Waals surface area contributed by atoms with Crippen LogP contribution in [0.5, 0.6) is 5.75 Å². The first-order valence-electron chi connectivity index (χ1n) is 4.40. The number of hydrogen-bond acceptors (Lipinski definition) is 3. The van der Waals surface area contributed by atoms with Gasteiger partial charge in [0, 0.05) is 11.6 Å². The molecule has 4 heteroatoms. The van der Waals surface area contributed by atoms with E-state index in [0.717, 1.165) is 0 Å². The molecule has 0 aliphatic rings. The van der Waals surface area contributed by atoms with E-state index in [1.54, 1.807) is 12.3 Å². The van der Waals surface area contributed by atoms with Gasteiger partial charge in [-0.25, -0.2) is 9.98 Å². The Morgan fingerprint density at radius 1 is 1.50 bits per heavy atom. The first kappa shape index (κ1) is 10.5. The normalized spacial score (nSPS) is 12.9. The van der Waals surface area contributed by atoms with E-state index in [9.17, 15) is 5.11 Å². The van der Waals surface area contributed by atoms with Gasteiger partial charge >= 0.3 is 0 Å². The molecule has 1 aromatic rings. The molecule has 3 N–H and O–H groups in total. The van der Waals surface area contributed by atoms with E-state index < -0.39 is 0 Å². The van der Waals surface area contributed by atoms with Crippen LogP contribution >= 0.6 is 0 Å². The van der Waals surface area contributed by atoms with Gasteiger partial charge in [-0.05, 0) is 12.1 Å². The zero-order chi connectivity index (χ0) is 10.8. The van der Waals surface area contributed by atoms with Gasteiger partial charge in [-0.2, -0.15) is 0 Å². The maximum atomic E-state index is 9.40. The number of hydrogen-bond donors (Lipinski definition) is 2. The van der Waals surface area contributed by atoms with Crippen LogP contribution in [0.1, 0.15) is 20.8 Å². The summed E-state index contributed by atoms with van der Waals surface area (Å²) in [6.45, 7) is 5.85. The highest BCUT2D eigenvalue weighted by molar-refractivity contribution is 5.87. The van der Waals surface area contributed by atoms with Crippen LogP contribution in [0, 0.1) is 5.41 Å². The molecule has 14 heavy (non-hydrogen) atoms. The predicted molar refractivity (Wildman–Crippen MR) is 56.6 cm³/mol. The van der Waals surface area contributed by atoms with Crippen molar-refractivity contribution in [3.05, 3.63) is 18.3 Å². The molecule has 0 saturated heterocycles. The van der Waals surface area contributed by atoms with Crippen molar-refractivity contribution in [1.82, 2.24) is 4.98 Å². The summed E-state index contributed by atoms with van der Waals surface area (Å²) >= 11 is 0. The van der Waals surface area contributed by atoms with Gasteiger partial charge in [-0.3, -0.25) is 0 Å². The summed E-state index contributed by atoms with van der Waals surface area (Å²) in [5.74, 6) is 0.756. The van der Waals surface area contributed by atoms with E-state index >= 15 is 0 Å². The minimum Gasteiger partial charge on any atom is -0.504 e. The number of rotatable bonds is 1. The Kier molecular flexibility index (Phi) is 2.74. The van der Waals surface area contributed by atoms with E-state index in [1.807, 2.05) is 20.8 Å². The summed E-state index contributed by atoms with van der Waals surface area (Å²) in [4.78, 5) is 7.98. The van der Waals surface area contributed by atoms with Gasteiger partial charge in [-0.1, -0.05) is 20.8 Å². The Hall–Kier alpha value is -1.58. The van der Waals surface area contributed by atoms with Crippen molar-refractivity contribution in [1.29, 1.82) is 0 Å². The lowest BCUT2D eigenvalue weighted by molar-refractivity contribution is 0.474. The van der Waals surface area contributed by atoms with E-state index in [0.29, 0.717) is 5.84 Å². The topological polar surface area (TPSA) is 71.5 Å². The zero-order valence-corrected chi connectivity index (χ0v) is 8.65. The quantitative estimate of drug-likeness (QED) is 0.528. The fraction of sp³-hybridized carbons (Fsp3) is 0.400. The van der Waals surface area contributed by atoms with Gasteiger partial charge in [0.05, 0.1) is 0 Å². The molecule has 1 rings (SSSR count). The van der Waals surface area contributed by atoms with Gasteiger partial charge in [0.15, 0.2) is 11.6 Å². The highest BCUT2D eigenvalue weighted by atomic mass is 16.3. The van der Waals surface area contributed by atoms with Gasteiger partial charge in [0.2, 0.25) is 0 Å². The second-order valence-corrected chi connectivity index (χ2v) is 4.09. The predicted octanol–water partition coefficient (Wildman–Crippen LogP) is 1.82. The number of aromatic hydroxyl groups is 1. The van der Waals surface area contributed by atoms with E-state index in [4.69, 9.17) is 5.73 Å². The van der Waals surface area contributed by atoms with Crippen LogP contribution in [-0.4, -0.2) is 15.9 Å². The summed E-state index contributed by atoms with van der Waals surface area (Å²) in [5, 5.41) is 9.40. The second kappa shape index (κ2) is 3.65. The Morgan fingerprint density at radius 3 is 2.64 bits per heavy atom. The molecule has 0 radical (unpaired) electrons. The van der Waals surface area contributed by atoms with E-state index in [-0.39, 0.29) is 17.0 Å². The van der Waals surface area contributed by atoms with Crippen molar-refractivity contribution < 1.29 is 5.11 Å². The highest BCUT2D eigenvalue weighted by Crippen LogP contribution is 2.24. The molecule has 0 unspecified atom stereocenters. The lowest BCUT2D eigenvalue weighted by atomic mass is 9.95. The number of nitrogens with two attached hydrogens (primary N) is 1. The minimum absolute atomic E-state index is 0.0414. The molecule has 0 bridgehead atoms. The Morgan fingerprint density at radius 2 is 2.14 bits per heavy atom. The molecule has 0 saturated carbocycles. The maximum Gasteiger partial charge on any atom is 0.196 e. The van der Waals surface area contributed by atoms with Crippen molar-refractivity contribution in [3.63, 3.8) is 0 Å². The first-order chi connectivity index (χ1) is 6.41.